The Morgan fingerprint density at radius 1 is 1.08 bits per heavy atom. The van der Waals surface area contributed by atoms with Crippen LogP contribution in [0, 0.1) is 5.41 Å². The monoisotopic (exact) mass is 520 g/mol. The zero-order chi connectivity index (χ0) is 27.2. The highest BCUT2D eigenvalue weighted by Crippen LogP contribution is 2.33. The van der Waals surface area contributed by atoms with Crippen molar-refractivity contribution in [2.75, 3.05) is 18.4 Å². The highest BCUT2D eigenvalue weighted by molar-refractivity contribution is 6.25. The van der Waals surface area contributed by atoms with Crippen LogP contribution in [-0.4, -0.2) is 68.2 Å². The van der Waals surface area contributed by atoms with Crippen LogP contribution in [0.2, 0.25) is 0 Å². The summed E-state index contributed by atoms with van der Waals surface area (Å²) in [5.41, 5.74) is 1.48. The van der Waals surface area contributed by atoms with E-state index in [4.69, 9.17) is 0 Å². The van der Waals surface area contributed by atoms with Crippen LogP contribution in [0.3, 0.4) is 0 Å². The van der Waals surface area contributed by atoms with Crippen LogP contribution in [0.5, 0.6) is 0 Å². The van der Waals surface area contributed by atoms with Gasteiger partial charge >= 0.3 is 0 Å². The molecule has 2 saturated heterocycles. The summed E-state index contributed by atoms with van der Waals surface area (Å²) in [5.74, 6) is -1.95. The fourth-order valence-corrected chi connectivity index (χ4v) is 5.34. The van der Waals surface area contributed by atoms with Crippen molar-refractivity contribution in [1.82, 2.24) is 24.9 Å². The maximum Gasteiger partial charge on any atom is 0.264 e. The van der Waals surface area contributed by atoms with Crippen molar-refractivity contribution in [3.63, 3.8) is 0 Å². The van der Waals surface area contributed by atoms with E-state index in [2.05, 4.69) is 15.7 Å². The maximum absolute atomic E-state index is 13.3. The van der Waals surface area contributed by atoms with Gasteiger partial charge < -0.3 is 10.2 Å². The minimum atomic E-state index is -1.00. The number of nitrogens with one attached hydrogen (secondary N) is 2. The lowest BCUT2D eigenvalue weighted by Crippen LogP contribution is -2.54. The average Bonchev–Trinajstić information content (AvgIpc) is 3.45. The van der Waals surface area contributed by atoms with Crippen molar-refractivity contribution in [2.45, 2.75) is 65.1 Å². The lowest BCUT2D eigenvalue weighted by Gasteiger charge is -2.35. The molecule has 5 rings (SSSR count). The number of carbonyl (C=O) groups excluding carboxylic acids is 5. The predicted octanol–water partition coefficient (Wildman–Crippen LogP) is 2.11. The van der Waals surface area contributed by atoms with Gasteiger partial charge in [-0.2, -0.15) is 5.10 Å². The number of carbonyl (C=O) groups is 5. The zero-order valence-electron chi connectivity index (χ0n) is 21.8. The molecule has 11 nitrogen and oxygen atoms in total. The van der Waals surface area contributed by atoms with Crippen molar-refractivity contribution in [2.24, 2.45) is 5.41 Å². The number of rotatable bonds is 5. The molecule has 0 bridgehead atoms. The molecule has 0 saturated carbocycles. The molecular formula is C27H32N6O5. The lowest BCUT2D eigenvalue weighted by atomic mass is 9.93. The Hall–Kier alpha value is -4.02. The summed E-state index contributed by atoms with van der Waals surface area (Å²) in [5, 5.41) is 9.99. The third-order valence-electron chi connectivity index (χ3n) is 7.37. The van der Waals surface area contributed by atoms with Crippen LogP contribution < -0.4 is 10.6 Å². The largest absolute Gasteiger partial charge is 0.380 e. The van der Waals surface area contributed by atoms with E-state index in [1.54, 1.807) is 24.4 Å². The van der Waals surface area contributed by atoms with Gasteiger partial charge in [-0.15, -0.1) is 0 Å². The number of anilines is 1. The molecule has 11 heteroatoms. The van der Waals surface area contributed by atoms with Crippen molar-refractivity contribution in [1.29, 1.82) is 0 Å². The third-order valence-corrected chi connectivity index (χ3v) is 7.37. The lowest BCUT2D eigenvalue weighted by molar-refractivity contribution is -0.141. The van der Waals surface area contributed by atoms with Crippen LogP contribution in [-0.2, 0) is 20.9 Å². The van der Waals surface area contributed by atoms with Gasteiger partial charge in [-0.25, -0.2) is 0 Å². The summed E-state index contributed by atoms with van der Waals surface area (Å²) < 4.78 is 1.94. The van der Waals surface area contributed by atoms with Crippen molar-refractivity contribution in [3.05, 3.63) is 47.3 Å². The molecular weight excluding hydrogens is 488 g/mol. The van der Waals surface area contributed by atoms with Crippen molar-refractivity contribution in [3.8, 4) is 0 Å². The summed E-state index contributed by atoms with van der Waals surface area (Å²) >= 11 is 0. The van der Waals surface area contributed by atoms with Crippen molar-refractivity contribution >= 4 is 35.2 Å². The fourth-order valence-electron chi connectivity index (χ4n) is 5.34. The van der Waals surface area contributed by atoms with Gasteiger partial charge in [0.2, 0.25) is 17.7 Å². The van der Waals surface area contributed by atoms with Gasteiger partial charge in [0, 0.05) is 48.9 Å². The van der Waals surface area contributed by atoms with E-state index in [1.165, 1.54) is 0 Å². The molecule has 2 N–H and O–H groups in total. The molecule has 5 amide bonds. The van der Waals surface area contributed by atoms with Crippen LogP contribution in [0.4, 0.5) is 5.69 Å². The maximum atomic E-state index is 13.3. The molecule has 2 aromatic rings. The second-order valence-corrected chi connectivity index (χ2v) is 11.1. The van der Waals surface area contributed by atoms with Gasteiger partial charge in [0.1, 0.15) is 6.04 Å². The molecule has 0 spiro atoms. The van der Waals surface area contributed by atoms with E-state index in [9.17, 15) is 24.0 Å². The molecule has 1 aromatic heterocycles. The van der Waals surface area contributed by atoms with E-state index in [0.29, 0.717) is 25.3 Å². The second-order valence-electron chi connectivity index (χ2n) is 11.1. The Bertz CT molecular complexity index is 1320. The number of benzene rings is 1. The van der Waals surface area contributed by atoms with Crippen LogP contribution in [0.25, 0.3) is 0 Å². The number of amides is 5. The molecule has 3 aliphatic heterocycles. The average molecular weight is 521 g/mol. The number of likely N-dealkylation sites (tertiary alicyclic amines) is 1. The van der Waals surface area contributed by atoms with E-state index < -0.39 is 29.7 Å². The first-order valence-corrected chi connectivity index (χ1v) is 13.0. The number of hydrogen-bond acceptors (Lipinski definition) is 7. The van der Waals surface area contributed by atoms with E-state index in [0.717, 1.165) is 23.3 Å². The number of imide groups is 2. The SMILES string of the molecule is CC(C)(C)C(=O)N1CCC(n2cc(CNc3cccc4c3C(=O)N(C3CCC(=O)NC3=O)C4=O)cn2)CC1. The number of piperidine rings is 2. The first-order chi connectivity index (χ1) is 18.0. The van der Waals surface area contributed by atoms with E-state index in [1.807, 2.05) is 36.5 Å². The number of hydrogen-bond donors (Lipinski definition) is 2. The molecule has 0 radical (unpaired) electrons. The second kappa shape index (κ2) is 9.70. The predicted molar refractivity (Wildman–Crippen MR) is 137 cm³/mol. The Labute approximate surface area is 220 Å². The van der Waals surface area contributed by atoms with E-state index in [-0.39, 0.29) is 41.3 Å². The quantitative estimate of drug-likeness (QED) is 0.577. The third kappa shape index (κ3) is 4.68. The Balaban J connectivity index is 1.24. The van der Waals surface area contributed by atoms with Gasteiger partial charge in [0.05, 0.1) is 23.4 Å². The molecule has 0 aliphatic carbocycles. The first-order valence-electron chi connectivity index (χ1n) is 13.0. The highest BCUT2D eigenvalue weighted by Gasteiger charge is 2.45. The summed E-state index contributed by atoms with van der Waals surface area (Å²) in [7, 11) is 0. The normalized spacial score (nSPS) is 20.6. The number of fused-ring (bicyclic) bond motifs is 1. The molecule has 4 heterocycles. The number of nitrogens with zero attached hydrogens (tertiary/aromatic N) is 4. The fraction of sp³-hybridized carbons (Fsp3) is 0.481. The Kier molecular flexibility index (Phi) is 6.54. The van der Waals surface area contributed by atoms with Crippen LogP contribution in [0.15, 0.2) is 30.6 Å². The summed E-state index contributed by atoms with van der Waals surface area (Å²) in [6.45, 7) is 7.59. The smallest absolute Gasteiger partial charge is 0.264 e. The summed E-state index contributed by atoms with van der Waals surface area (Å²) in [6, 6.07) is 4.19. The molecule has 1 aromatic carbocycles. The standard InChI is InChI=1S/C27H32N6O5/c1-27(2,3)26(38)31-11-9-17(10-12-31)32-15-16(14-29-32)13-28-19-6-4-5-18-22(19)25(37)33(24(18)36)20-7-8-21(34)30-23(20)35/h4-6,14-15,17,20,28H,7-13H2,1-3H3,(H,30,34,35). The van der Waals surface area contributed by atoms with Gasteiger partial charge in [-0.05, 0) is 31.4 Å². The molecule has 38 heavy (non-hydrogen) atoms. The number of aromatic nitrogens is 2. The van der Waals surface area contributed by atoms with Crippen molar-refractivity contribution < 1.29 is 24.0 Å². The van der Waals surface area contributed by atoms with Crippen LogP contribution >= 0.6 is 0 Å². The van der Waals surface area contributed by atoms with E-state index >= 15 is 0 Å². The molecule has 200 valence electrons. The Morgan fingerprint density at radius 2 is 1.82 bits per heavy atom. The highest BCUT2D eigenvalue weighted by atomic mass is 16.2. The van der Waals surface area contributed by atoms with Gasteiger partial charge in [-0.1, -0.05) is 26.8 Å². The van der Waals surface area contributed by atoms with Gasteiger partial charge in [-0.3, -0.25) is 38.9 Å². The van der Waals surface area contributed by atoms with Crippen LogP contribution in [0.1, 0.15) is 78.8 Å². The molecule has 1 unspecified atom stereocenters. The molecule has 1 atom stereocenters. The Morgan fingerprint density at radius 3 is 2.50 bits per heavy atom. The first kappa shape index (κ1) is 25.6. The zero-order valence-corrected chi connectivity index (χ0v) is 21.8. The topological polar surface area (TPSA) is 134 Å². The van der Waals surface area contributed by atoms with Gasteiger partial charge in [0.25, 0.3) is 11.8 Å². The summed E-state index contributed by atoms with van der Waals surface area (Å²) in [4.78, 5) is 65.6. The molecule has 3 aliphatic rings. The molecule has 2 fully saturated rings. The minimum Gasteiger partial charge on any atom is -0.380 e. The summed E-state index contributed by atoms with van der Waals surface area (Å²) in [6.07, 6.45) is 5.58. The minimum absolute atomic E-state index is 0.0742. The van der Waals surface area contributed by atoms with Gasteiger partial charge in [0.15, 0.2) is 0 Å².